The Morgan fingerprint density at radius 3 is 2.67 bits per heavy atom. The molecule has 0 saturated carbocycles. The molecular weight excluding hydrogens is 285 g/mol. The minimum absolute atomic E-state index is 0.302. The summed E-state index contributed by atoms with van der Waals surface area (Å²) in [6.45, 7) is 1.92. The van der Waals surface area contributed by atoms with Gasteiger partial charge in [0.25, 0.3) is 0 Å². The zero-order valence-electron chi connectivity index (χ0n) is 11.5. The molecule has 21 heavy (non-hydrogen) atoms. The molecular formula is C13H15F3N4O. The van der Waals surface area contributed by atoms with Gasteiger partial charge in [0.1, 0.15) is 5.75 Å². The van der Waals surface area contributed by atoms with Crippen LogP contribution in [-0.4, -0.2) is 16.1 Å². The van der Waals surface area contributed by atoms with Gasteiger partial charge in [-0.2, -0.15) is 5.10 Å². The fourth-order valence-corrected chi connectivity index (χ4v) is 1.91. The molecule has 1 heterocycles. The number of ether oxygens (including phenoxy) is 1. The van der Waals surface area contributed by atoms with Crippen molar-refractivity contribution in [3.05, 3.63) is 30.0 Å². The summed E-state index contributed by atoms with van der Waals surface area (Å²) in [6.07, 6.45) is -4.06. The van der Waals surface area contributed by atoms with E-state index in [-0.39, 0.29) is 5.75 Å². The van der Waals surface area contributed by atoms with Crippen molar-refractivity contribution in [2.45, 2.75) is 19.7 Å². The Hall–Kier alpha value is -2.38. The van der Waals surface area contributed by atoms with E-state index in [1.807, 2.05) is 6.92 Å². The summed E-state index contributed by atoms with van der Waals surface area (Å²) in [5.41, 5.74) is 7.57. The smallest absolute Gasteiger partial charge is 0.406 e. The second kappa shape index (κ2) is 5.55. The van der Waals surface area contributed by atoms with Gasteiger partial charge in [-0.1, -0.05) is 13.0 Å². The Kier molecular flexibility index (Phi) is 3.97. The SMILES string of the molecule is CCc1nn(C)c(Nc2cccc(OC(F)(F)F)c2)c1N. The summed E-state index contributed by atoms with van der Waals surface area (Å²) in [6, 6.07) is 5.53. The van der Waals surface area contributed by atoms with Crippen LogP contribution in [0.5, 0.6) is 5.75 Å². The number of hydrogen-bond acceptors (Lipinski definition) is 4. The second-order valence-corrected chi connectivity index (χ2v) is 4.39. The lowest BCUT2D eigenvalue weighted by Gasteiger charge is -2.11. The lowest BCUT2D eigenvalue weighted by molar-refractivity contribution is -0.274. The molecule has 0 spiro atoms. The van der Waals surface area contributed by atoms with Crippen molar-refractivity contribution in [3.8, 4) is 5.75 Å². The molecule has 0 fully saturated rings. The predicted molar refractivity (Wildman–Crippen MR) is 73.4 cm³/mol. The number of nitrogens with zero attached hydrogens (tertiary/aromatic N) is 2. The van der Waals surface area contributed by atoms with Gasteiger partial charge in [0, 0.05) is 18.8 Å². The first-order valence-corrected chi connectivity index (χ1v) is 6.24. The largest absolute Gasteiger partial charge is 0.573 e. The molecule has 0 bridgehead atoms. The minimum atomic E-state index is -4.72. The maximum Gasteiger partial charge on any atom is 0.573 e. The van der Waals surface area contributed by atoms with Crippen LogP contribution in [0.4, 0.5) is 30.4 Å². The van der Waals surface area contributed by atoms with Crippen LogP contribution in [0.3, 0.4) is 0 Å². The number of nitrogens with two attached hydrogens (primary N) is 1. The van der Waals surface area contributed by atoms with Crippen molar-refractivity contribution in [1.29, 1.82) is 0 Å². The van der Waals surface area contributed by atoms with Gasteiger partial charge in [0.05, 0.1) is 11.4 Å². The number of benzene rings is 1. The van der Waals surface area contributed by atoms with Crippen LogP contribution < -0.4 is 15.8 Å². The Balaban J connectivity index is 2.24. The summed E-state index contributed by atoms with van der Waals surface area (Å²) in [5.74, 6) is 0.222. The van der Waals surface area contributed by atoms with Crippen molar-refractivity contribution in [3.63, 3.8) is 0 Å². The fourth-order valence-electron chi connectivity index (χ4n) is 1.91. The van der Waals surface area contributed by atoms with E-state index in [1.165, 1.54) is 18.2 Å². The van der Waals surface area contributed by atoms with Crippen molar-refractivity contribution in [1.82, 2.24) is 9.78 Å². The van der Waals surface area contributed by atoms with E-state index >= 15 is 0 Å². The fraction of sp³-hybridized carbons (Fsp3) is 0.308. The highest BCUT2D eigenvalue weighted by molar-refractivity contribution is 5.71. The van der Waals surface area contributed by atoms with Gasteiger partial charge in [-0.3, -0.25) is 4.68 Å². The second-order valence-electron chi connectivity index (χ2n) is 4.39. The van der Waals surface area contributed by atoms with Crippen LogP contribution >= 0.6 is 0 Å². The molecule has 0 saturated heterocycles. The zero-order chi connectivity index (χ0) is 15.6. The highest BCUT2D eigenvalue weighted by atomic mass is 19.4. The van der Waals surface area contributed by atoms with E-state index in [4.69, 9.17) is 5.73 Å². The first kappa shape index (κ1) is 15.0. The first-order chi connectivity index (χ1) is 9.80. The number of halogens is 3. The number of alkyl halides is 3. The number of aromatic nitrogens is 2. The van der Waals surface area contributed by atoms with E-state index in [2.05, 4.69) is 15.2 Å². The molecule has 1 aromatic heterocycles. The summed E-state index contributed by atoms with van der Waals surface area (Å²) in [4.78, 5) is 0. The first-order valence-electron chi connectivity index (χ1n) is 6.24. The third kappa shape index (κ3) is 3.59. The molecule has 2 rings (SSSR count). The monoisotopic (exact) mass is 300 g/mol. The number of rotatable bonds is 4. The Morgan fingerprint density at radius 1 is 1.38 bits per heavy atom. The molecule has 5 nitrogen and oxygen atoms in total. The molecule has 0 aliphatic rings. The molecule has 0 amide bonds. The summed E-state index contributed by atoms with van der Waals surface area (Å²) in [7, 11) is 1.70. The maximum absolute atomic E-state index is 12.2. The number of anilines is 3. The molecule has 3 N–H and O–H groups in total. The Bertz CT molecular complexity index is 637. The normalized spacial score (nSPS) is 11.5. The lowest BCUT2D eigenvalue weighted by Crippen LogP contribution is -2.17. The quantitative estimate of drug-likeness (QED) is 0.910. The van der Waals surface area contributed by atoms with Crippen molar-refractivity contribution < 1.29 is 17.9 Å². The van der Waals surface area contributed by atoms with Gasteiger partial charge in [-0.05, 0) is 18.6 Å². The average molecular weight is 300 g/mol. The highest BCUT2D eigenvalue weighted by Gasteiger charge is 2.31. The molecule has 0 atom stereocenters. The van der Waals surface area contributed by atoms with Gasteiger partial charge < -0.3 is 15.8 Å². The van der Waals surface area contributed by atoms with Crippen LogP contribution in [0.25, 0.3) is 0 Å². The number of hydrogen-bond donors (Lipinski definition) is 2. The van der Waals surface area contributed by atoms with Gasteiger partial charge in [-0.25, -0.2) is 0 Å². The van der Waals surface area contributed by atoms with Gasteiger partial charge >= 0.3 is 6.36 Å². The summed E-state index contributed by atoms with van der Waals surface area (Å²) >= 11 is 0. The van der Waals surface area contributed by atoms with Crippen LogP contribution in [0.1, 0.15) is 12.6 Å². The third-order valence-corrected chi connectivity index (χ3v) is 2.83. The molecule has 0 aliphatic carbocycles. The zero-order valence-corrected chi connectivity index (χ0v) is 11.5. The van der Waals surface area contributed by atoms with Gasteiger partial charge in [0.15, 0.2) is 5.82 Å². The van der Waals surface area contributed by atoms with E-state index in [1.54, 1.807) is 17.8 Å². The topological polar surface area (TPSA) is 65.1 Å². The van der Waals surface area contributed by atoms with E-state index < -0.39 is 6.36 Å². The third-order valence-electron chi connectivity index (χ3n) is 2.83. The van der Waals surface area contributed by atoms with Gasteiger partial charge in [0.2, 0.25) is 0 Å². The number of aryl methyl sites for hydroxylation is 2. The van der Waals surface area contributed by atoms with E-state index in [0.717, 1.165) is 5.69 Å². The molecule has 8 heteroatoms. The van der Waals surface area contributed by atoms with Crippen LogP contribution in [0, 0.1) is 0 Å². The minimum Gasteiger partial charge on any atom is -0.406 e. The Morgan fingerprint density at radius 2 is 2.10 bits per heavy atom. The van der Waals surface area contributed by atoms with E-state index in [9.17, 15) is 13.2 Å². The van der Waals surface area contributed by atoms with Crippen LogP contribution in [-0.2, 0) is 13.5 Å². The molecule has 0 aliphatic heterocycles. The number of nitrogen functional groups attached to an aromatic ring is 1. The Labute approximate surface area is 119 Å². The molecule has 0 unspecified atom stereocenters. The predicted octanol–water partition coefficient (Wildman–Crippen LogP) is 3.21. The number of nitrogens with one attached hydrogen (secondary N) is 1. The average Bonchev–Trinajstić information content (AvgIpc) is 2.64. The molecule has 1 aromatic carbocycles. The van der Waals surface area contributed by atoms with Gasteiger partial charge in [-0.15, -0.1) is 13.2 Å². The van der Waals surface area contributed by atoms with E-state index in [0.29, 0.717) is 23.6 Å². The lowest BCUT2D eigenvalue weighted by atomic mass is 10.2. The van der Waals surface area contributed by atoms with Crippen molar-refractivity contribution in [2.24, 2.45) is 7.05 Å². The maximum atomic E-state index is 12.2. The summed E-state index contributed by atoms with van der Waals surface area (Å²) < 4.78 is 42.0. The van der Waals surface area contributed by atoms with Crippen molar-refractivity contribution in [2.75, 3.05) is 11.1 Å². The van der Waals surface area contributed by atoms with Crippen LogP contribution in [0.15, 0.2) is 24.3 Å². The molecule has 0 radical (unpaired) electrons. The molecule has 114 valence electrons. The summed E-state index contributed by atoms with van der Waals surface area (Å²) in [5, 5.41) is 7.17. The molecule has 2 aromatic rings. The standard InChI is InChI=1S/C13H15F3N4O/c1-3-10-11(17)12(20(2)19-10)18-8-5-4-6-9(7-8)21-13(14,15)16/h4-7,18H,3,17H2,1-2H3. The van der Waals surface area contributed by atoms with Crippen LogP contribution in [0.2, 0.25) is 0 Å². The highest BCUT2D eigenvalue weighted by Crippen LogP contribution is 2.29. The van der Waals surface area contributed by atoms with Crippen molar-refractivity contribution >= 4 is 17.2 Å².